The number of allylic oxidation sites excluding steroid dienone is 2. The van der Waals surface area contributed by atoms with E-state index in [4.69, 9.17) is 0 Å². The predicted molar refractivity (Wildman–Crippen MR) is 143 cm³/mol. The van der Waals surface area contributed by atoms with E-state index in [-0.39, 0.29) is 0 Å². The Hall–Kier alpha value is -3.24. The van der Waals surface area contributed by atoms with Gasteiger partial charge in [0.05, 0.1) is 0 Å². The zero-order valence-corrected chi connectivity index (χ0v) is 20.9. The van der Waals surface area contributed by atoms with E-state index < -0.39 is 0 Å². The Morgan fingerprint density at radius 3 is 1.32 bits per heavy atom. The molecule has 0 saturated heterocycles. The van der Waals surface area contributed by atoms with Gasteiger partial charge in [0.1, 0.15) is 0 Å². The lowest BCUT2D eigenvalue weighted by molar-refractivity contribution is 0.638. The molecule has 0 amide bonds. The third-order valence-electron chi connectivity index (χ3n) is 5.32. The molecule has 4 heteroatoms. The minimum atomic E-state index is 0.460. The summed E-state index contributed by atoms with van der Waals surface area (Å²) in [6, 6.07) is 0. The van der Waals surface area contributed by atoms with E-state index in [1.807, 2.05) is 0 Å². The molecule has 2 aromatic heterocycles. The van der Waals surface area contributed by atoms with Crippen molar-refractivity contribution < 1.29 is 0 Å². The molecule has 0 bridgehead atoms. The van der Waals surface area contributed by atoms with Gasteiger partial charge < -0.3 is 0 Å². The standard InChI is InChI=1S/C30H38N4/c1-3-5-7-9-11-13-15-19-27-23-31-29(32-24-27)21-17-18-22-30-33-25-28(26-34-30)20-16-14-12-10-8-6-4-2/h15-16,19-20,23-26H,3-14H2,1-2H3/b19-15+,20-16+. The molecule has 2 heterocycles. The van der Waals surface area contributed by atoms with Gasteiger partial charge in [-0.3, -0.25) is 0 Å². The van der Waals surface area contributed by atoms with Crippen LogP contribution in [0.3, 0.4) is 0 Å². The minimum absolute atomic E-state index is 0.460. The Kier molecular flexibility index (Phi) is 14.5. The Morgan fingerprint density at radius 1 is 0.559 bits per heavy atom. The first-order chi connectivity index (χ1) is 16.8. The molecular weight excluding hydrogens is 416 g/mol. The zero-order chi connectivity index (χ0) is 24.1. The van der Waals surface area contributed by atoms with Crippen LogP contribution in [0.15, 0.2) is 36.9 Å². The molecular formula is C30H38N4. The van der Waals surface area contributed by atoms with Gasteiger partial charge in [-0.1, -0.05) is 89.5 Å². The van der Waals surface area contributed by atoms with Crippen LogP contribution in [0.25, 0.3) is 12.2 Å². The molecule has 0 aliphatic rings. The summed E-state index contributed by atoms with van der Waals surface area (Å²) >= 11 is 0. The molecule has 0 spiro atoms. The average molecular weight is 455 g/mol. The van der Waals surface area contributed by atoms with Crippen molar-refractivity contribution in [1.82, 2.24) is 19.9 Å². The highest BCUT2D eigenvalue weighted by Gasteiger charge is 1.93. The van der Waals surface area contributed by atoms with Crippen LogP contribution in [0.1, 0.15) is 114 Å². The number of hydrogen-bond donors (Lipinski definition) is 0. The monoisotopic (exact) mass is 454 g/mol. The first kappa shape index (κ1) is 27.0. The molecule has 2 aromatic rings. The van der Waals surface area contributed by atoms with E-state index in [2.05, 4.69) is 81.8 Å². The average Bonchev–Trinajstić information content (AvgIpc) is 2.87. The Morgan fingerprint density at radius 2 is 0.941 bits per heavy atom. The number of rotatable bonds is 14. The Labute approximate surface area is 206 Å². The second kappa shape index (κ2) is 18.2. The number of nitrogens with zero attached hydrogens (tertiary/aromatic N) is 4. The maximum Gasteiger partial charge on any atom is 0.205 e. The van der Waals surface area contributed by atoms with Gasteiger partial charge in [-0.05, 0) is 49.4 Å². The van der Waals surface area contributed by atoms with Crippen molar-refractivity contribution in [2.24, 2.45) is 0 Å². The highest BCUT2D eigenvalue weighted by molar-refractivity contribution is 5.48. The summed E-state index contributed by atoms with van der Waals surface area (Å²) in [6.45, 7) is 4.48. The number of unbranched alkanes of at least 4 members (excludes halogenated alkanes) is 10. The van der Waals surface area contributed by atoms with Crippen molar-refractivity contribution in [3.63, 3.8) is 0 Å². The van der Waals surface area contributed by atoms with Gasteiger partial charge in [-0.2, -0.15) is 0 Å². The van der Waals surface area contributed by atoms with Crippen molar-refractivity contribution >= 4 is 12.2 Å². The second-order valence-corrected chi connectivity index (χ2v) is 8.39. The molecule has 0 aliphatic heterocycles. The third-order valence-corrected chi connectivity index (χ3v) is 5.32. The highest BCUT2D eigenvalue weighted by atomic mass is 14.9. The molecule has 4 nitrogen and oxygen atoms in total. The van der Waals surface area contributed by atoms with E-state index >= 15 is 0 Å². The zero-order valence-electron chi connectivity index (χ0n) is 20.9. The quantitative estimate of drug-likeness (QED) is 0.220. The van der Waals surface area contributed by atoms with E-state index in [9.17, 15) is 0 Å². The molecule has 0 atom stereocenters. The molecule has 0 aromatic carbocycles. The lowest BCUT2D eigenvalue weighted by Crippen LogP contribution is -1.89. The van der Waals surface area contributed by atoms with Gasteiger partial charge in [0.25, 0.3) is 0 Å². The van der Waals surface area contributed by atoms with E-state index in [1.165, 1.54) is 64.2 Å². The highest BCUT2D eigenvalue weighted by Crippen LogP contribution is 2.08. The van der Waals surface area contributed by atoms with Crippen LogP contribution in [0.4, 0.5) is 0 Å². The van der Waals surface area contributed by atoms with Crippen molar-refractivity contribution in [2.75, 3.05) is 0 Å². The molecule has 2 rings (SSSR count). The van der Waals surface area contributed by atoms with Gasteiger partial charge in [-0.25, -0.2) is 19.9 Å². The van der Waals surface area contributed by atoms with Crippen molar-refractivity contribution in [1.29, 1.82) is 0 Å². The van der Waals surface area contributed by atoms with Crippen LogP contribution in [0, 0.1) is 23.7 Å². The summed E-state index contributed by atoms with van der Waals surface area (Å²) in [4.78, 5) is 17.2. The minimum Gasteiger partial charge on any atom is -0.229 e. The van der Waals surface area contributed by atoms with Gasteiger partial charge in [-0.15, -0.1) is 0 Å². The molecule has 178 valence electrons. The smallest absolute Gasteiger partial charge is 0.205 e. The Balaban J connectivity index is 1.73. The van der Waals surface area contributed by atoms with Gasteiger partial charge in [0.15, 0.2) is 0 Å². The van der Waals surface area contributed by atoms with Crippen LogP contribution in [0.2, 0.25) is 0 Å². The summed E-state index contributed by atoms with van der Waals surface area (Å²) in [5.74, 6) is 12.2. The Bertz CT molecular complexity index is 897. The van der Waals surface area contributed by atoms with Crippen LogP contribution in [-0.2, 0) is 0 Å². The van der Waals surface area contributed by atoms with E-state index in [0.717, 1.165) is 24.0 Å². The van der Waals surface area contributed by atoms with Crippen LogP contribution >= 0.6 is 0 Å². The molecule has 0 unspecified atom stereocenters. The second-order valence-electron chi connectivity index (χ2n) is 8.39. The normalized spacial score (nSPS) is 10.8. The molecule has 0 fully saturated rings. The lowest BCUT2D eigenvalue weighted by atomic mass is 10.1. The number of aromatic nitrogens is 4. The fourth-order valence-electron chi connectivity index (χ4n) is 3.32. The van der Waals surface area contributed by atoms with Gasteiger partial charge in [0, 0.05) is 35.9 Å². The van der Waals surface area contributed by atoms with Gasteiger partial charge >= 0.3 is 0 Å². The first-order valence-electron chi connectivity index (χ1n) is 12.8. The summed E-state index contributed by atoms with van der Waals surface area (Å²) < 4.78 is 0. The summed E-state index contributed by atoms with van der Waals surface area (Å²) in [5, 5.41) is 0. The number of hydrogen-bond acceptors (Lipinski definition) is 4. The fourth-order valence-corrected chi connectivity index (χ4v) is 3.32. The maximum atomic E-state index is 4.29. The van der Waals surface area contributed by atoms with Gasteiger partial charge in [0.2, 0.25) is 11.6 Å². The van der Waals surface area contributed by atoms with Crippen LogP contribution in [0.5, 0.6) is 0 Å². The summed E-state index contributed by atoms with van der Waals surface area (Å²) in [7, 11) is 0. The van der Waals surface area contributed by atoms with E-state index in [0.29, 0.717) is 11.6 Å². The first-order valence-corrected chi connectivity index (χ1v) is 12.8. The van der Waals surface area contributed by atoms with E-state index in [1.54, 1.807) is 24.8 Å². The molecule has 0 saturated carbocycles. The lowest BCUT2D eigenvalue weighted by Gasteiger charge is -1.96. The largest absolute Gasteiger partial charge is 0.229 e. The van der Waals surface area contributed by atoms with Crippen molar-refractivity contribution in [3.05, 3.63) is 59.7 Å². The molecule has 0 aliphatic carbocycles. The fraction of sp³-hybridized carbons (Fsp3) is 0.467. The summed E-state index contributed by atoms with van der Waals surface area (Å²) in [6.07, 6.45) is 30.9. The topological polar surface area (TPSA) is 51.6 Å². The van der Waals surface area contributed by atoms with Crippen LogP contribution < -0.4 is 0 Å². The molecule has 0 radical (unpaired) electrons. The summed E-state index contributed by atoms with van der Waals surface area (Å²) in [5.41, 5.74) is 1.98. The molecule has 34 heavy (non-hydrogen) atoms. The molecule has 0 N–H and O–H groups in total. The SMILES string of the molecule is CCCCCCC/C=C/c1cnc(C#CC#Cc2ncc(/C=C/CCCCCCC)cn2)nc1. The third kappa shape index (κ3) is 12.7. The van der Waals surface area contributed by atoms with Crippen molar-refractivity contribution in [3.8, 4) is 23.7 Å². The van der Waals surface area contributed by atoms with Crippen LogP contribution in [-0.4, -0.2) is 19.9 Å². The van der Waals surface area contributed by atoms with Crippen molar-refractivity contribution in [2.45, 2.75) is 90.9 Å². The maximum absolute atomic E-state index is 4.29. The predicted octanol–water partition coefficient (Wildman–Crippen LogP) is 7.42.